The Bertz CT molecular complexity index is 444. The number of hydrogen-bond donors (Lipinski definition) is 1. The van der Waals surface area contributed by atoms with Crippen molar-refractivity contribution in [3.8, 4) is 11.5 Å². The Morgan fingerprint density at radius 3 is 2.41 bits per heavy atom. The van der Waals surface area contributed by atoms with Crippen molar-refractivity contribution in [3.05, 3.63) is 21.9 Å². The van der Waals surface area contributed by atoms with Crippen LogP contribution in [-0.2, 0) is 6.42 Å². The molecule has 0 bridgehead atoms. The Balaban J connectivity index is 2.48. The van der Waals surface area contributed by atoms with Gasteiger partial charge in [0.25, 0.3) is 0 Å². The maximum absolute atomic E-state index is 13.6. The van der Waals surface area contributed by atoms with Gasteiger partial charge in [0.05, 0.1) is 19.8 Å². The standard InChI is InChI=1S/C12H14BrFO3/c1-16-10-7(6-12(15)3-4-12)8(13)5-9(14)11(10)17-2/h5,15H,3-4,6H2,1-2H3. The van der Waals surface area contributed by atoms with Crippen LogP contribution < -0.4 is 9.47 Å². The highest BCUT2D eigenvalue weighted by atomic mass is 79.9. The summed E-state index contributed by atoms with van der Waals surface area (Å²) in [6, 6.07) is 1.34. The predicted octanol–water partition coefficient (Wildman–Crippen LogP) is 2.67. The molecule has 17 heavy (non-hydrogen) atoms. The Hall–Kier alpha value is -0.810. The molecular weight excluding hydrogens is 291 g/mol. The largest absolute Gasteiger partial charge is 0.492 e. The van der Waals surface area contributed by atoms with Crippen LogP contribution >= 0.6 is 15.9 Å². The van der Waals surface area contributed by atoms with Gasteiger partial charge >= 0.3 is 0 Å². The van der Waals surface area contributed by atoms with Crippen LogP contribution in [0.15, 0.2) is 10.5 Å². The van der Waals surface area contributed by atoms with Gasteiger partial charge in [0.2, 0.25) is 0 Å². The summed E-state index contributed by atoms with van der Waals surface area (Å²) in [7, 11) is 2.86. The number of methoxy groups -OCH3 is 2. The zero-order valence-electron chi connectivity index (χ0n) is 9.72. The van der Waals surface area contributed by atoms with Crippen LogP contribution in [0.2, 0.25) is 0 Å². The highest BCUT2D eigenvalue weighted by Gasteiger charge is 2.42. The monoisotopic (exact) mass is 304 g/mol. The molecule has 3 nitrogen and oxygen atoms in total. The van der Waals surface area contributed by atoms with Crippen molar-refractivity contribution in [2.24, 2.45) is 0 Å². The molecule has 1 aromatic carbocycles. The van der Waals surface area contributed by atoms with Gasteiger partial charge in [-0.05, 0) is 18.9 Å². The average Bonchev–Trinajstić information content (AvgIpc) is 3.00. The van der Waals surface area contributed by atoms with E-state index in [-0.39, 0.29) is 5.75 Å². The first-order valence-electron chi connectivity index (χ1n) is 5.32. The summed E-state index contributed by atoms with van der Waals surface area (Å²) in [5, 5.41) is 9.95. The number of rotatable bonds is 4. The lowest BCUT2D eigenvalue weighted by molar-refractivity contribution is 0.149. The van der Waals surface area contributed by atoms with Crippen molar-refractivity contribution in [2.45, 2.75) is 24.9 Å². The van der Waals surface area contributed by atoms with Gasteiger partial charge in [-0.15, -0.1) is 0 Å². The second-order valence-electron chi connectivity index (χ2n) is 4.29. The van der Waals surface area contributed by atoms with E-state index < -0.39 is 11.4 Å². The van der Waals surface area contributed by atoms with E-state index in [4.69, 9.17) is 9.47 Å². The molecule has 94 valence electrons. The van der Waals surface area contributed by atoms with E-state index in [2.05, 4.69) is 15.9 Å². The molecule has 0 atom stereocenters. The zero-order valence-corrected chi connectivity index (χ0v) is 11.3. The molecule has 2 rings (SSSR count). The predicted molar refractivity (Wildman–Crippen MR) is 65.1 cm³/mol. The third kappa shape index (κ3) is 2.40. The van der Waals surface area contributed by atoms with Crippen molar-refractivity contribution in [3.63, 3.8) is 0 Å². The van der Waals surface area contributed by atoms with E-state index in [9.17, 15) is 9.50 Å². The van der Waals surface area contributed by atoms with Crippen molar-refractivity contribution in [1.82, 2.24) is 0 Å². The number of halogens is 2. The maximum atomic E-state index is 13.6. The van der Waals surface area contributed by atoms with Crippen LogP contribution in [0.3, 0.4) is 0 Å². The van der Waals surface area contributed by atoms with Gasteiger partial charge in [-0.3, -0.25) is 0 Å². The minimum absolute atomic E-state index is 0.0787. The molecule has 0 saturated heterocycles. The van der Waals surface area contributed by atoms with Crippen molar-refractivity contribution >= 4 is 15.9 Å². The highest BCUT2D eigenvalue weighted by Crippen LogP contribution is 2.45. The van der Waals surface area contributed by atoms with Crippen LogP contribution in [0.25, 0.3) is 0 Å². The molecule has 0 aliphatic heterocycles. The lowest BCUT2D eigenvalue weighted by atomic mass is 10.0. The molecule has 0 spiro atoms. The van der Waals surface area contributed by atoms with Crippen LogP contribution in [0, 0.1) is 5.82 Å². The SMILES string of the molecule is COc1c(F)cc(Br)c(CC2(O)CC2)c1OC. The molecule has 0 aromatic heterocycles. The van der Waals surface area contributed by atoms with Crippen LogP contribution in [-0.4, -0.2) is 24.9 Å². The van der Waals surface area contributed by atoms with Crippen LogP contribution in [0.4, 0.5) is 4.39 Å². The minimum atomic E-state index is -0.668. The number of hydrogen-bond acceptors (Lipinski definition) is 3. The van der Waals surface area contributed by atoms with Crippen molar-refractivity contribution < 1.29 is 19.0 Å². The zero-order chi connectivity index (χ0) is 12.6. The maximum Gasteiger partial charge on any atom is 0.197 e. The highest BCUT2D eigenvalue weighted by molar-refractivity contribution is 9.10. The lowest BCUT2D eigenvalue weighted by Crippen LogP contribution is -2.13. The van der Waals surface area contributed by atoms with Crippen LogP contribution in [0.5, 0.6) is 11.5 Å². The molecular formula is C12H14BrFO3. The van der Waals surface area contributed by atoms with Gasteiger partial charge in [0.15, 0.2) is 17.3 Å². The van der Waals surface area contributed by atoms with E-state index in [0.717, 1.165) is 18.4 Å². The first-order chi connectivity index (χ1) is 8.00. The summed E-state index contributed by atoms with van der Waals surface area (Å²) in [6.07, 6.45) is 1.97. The third-order valence-corrected chi connectivity index (χ3v) is 3.69. The van der Waals surface area contributed by atoms with Gasteiger partial charge in [-0.2, -0.15) is 0 Å². The summed E-state index contributed by atoms with van der Waals surface area (Å²) in [4.78, 5) is 0. The van der Waals surface area contributed by atoms with Crippen molar-refractivity contribution in [2.75, 3.05) is 14.2 Å². The third-order valence-electron chi connectivity index (χ3n) is 2.98. The molecule has 1 aliphatic rings. The quantitative estimate of drug-likeness (QED) is 0.929. The van der Waals surface area contributed by atoms with Gasteiger partial charge in [-0.1, -0.05) is 15.9 Å². The summed E-state index contributed by atoms with van der Waals surface area (Å²) >= 11 is 3.30. The average molecular weight is 305 g/mol. The molecule has 1 N–H and O–H groups in total. The Morgan fingerprint density at radius 1 is 1.35 bits per heavy atom. The summed E-state index contributed by atoms with van der Waals surface area (Å²) < 4.78 is 24.4. The van der Waals surface area contributed by atoms with Gasteiger partial charge in [0.1, 0.15) is 0 Å². The molecule has 0 radical (unpaired) electrons. The van der Waals surface area contributed by atoms with E-state index in [1.807, 2.05) is 0 Å². The summed E-state index contributed by atoms with van der Waals surface area (Å²) in [5.41, 5.74) is 0.0734. The fourth-order valence-corrected chi connectivity index (χ4v) is 2.36. The number of ether oxygens (including phenoxy) is 2. The number of aliphatic hydroxyl groups is 1. The van der Waals surface area contributed by atoms with E-state index in [1.54, 1.807) is 0 Å². The van der Waals surface area contributed by atoms with Gasteiger partial charge < -0.3 is 14.6 Å². The fraction of sp³-hybridized carbons (Fsp3) is 0.500. The first-order valence-corrected chi connectivity index (χ1v) is 6.11. The first kappa shape index (κ1) is 12.6. The summed E-state index contributed by atoms with van der Waals surface area (Å²) in [6.45, 7) is 0. The second-order valence-corrected chi connectivity index (χ2v) is 5.14. The molecule has 0 unspecified atom stereocenters. The molecule has 1 saturated carbocycles. The Kier molecular flexibility index (Phi) is 3.32. The van der Waals surface area contributed by atoms with Crippen LogP contribution in [0.1, 0.15) is 18.4 Å². The van der Waals surface area contributed by atoms with E-state index >= 15 is 0 Å². The van der Waals surface area contributed by atoms with Gasteiger partial charge in [0, 0.05) is 16.5 Å². The minimum Gasteiger partial charge on any atom is -0.492 e. The molecule has 0 heterocycles. The number of benzene rings is 1. The summed E-state index contributed by atoms with van der Waals surface area (Å²) in [5.74, 6) is -0.0580. The van der Waals surface area contributed by atoms with Gasteiger partial charge in [-0.25, -0.2) is 4.39 Å². The van der Waals surface area contributed by atoms with Crippen molar-refractivity contribution in [1.29, 1.82) is 0 Å². The molecule has 0 amide bonds. The molecule has 1 fully saturated rings. The Labute approximate surface area is 108 Å². The molecule has 5 heteroatoms. The normalized spacial score (nSPS) is 16.8. The molecule has 1 aromatic rings. The smallest absolute Gasteiger partial charge is 0.197 e. The lowest BCUT2D eigenvalue weighted by Gasteiger charge is -2.17. The fourth-order valence-electron chi connectivity index (χ4n) is 1.84. The van der Waals surface area contributed by atoms with E-state index in [1.165, 1.54) is 20.3 Å². The second kappa shape index (κ2) is 4.46. The van der Waals surface area contributed by atoms with E-state index in [0.29, 0.717) is 16.6 Å². The Morgan fingerprint density at radius 2 is 1.94 bits per heavy atom. The molecule has 1 aliphatic carbocycles. The topological polar surface area (TPSA) is 38.7 Å².